The molecule has 5 nitrogen and oxygen atoms in total. The van der Waals surface area contributed by atoms with Crippen molar-refractivity contribution in [2.45, 2.75) is 26.4 Å². The number of nitrogens with one attached hydrogen (secondary N) is 2. The molecule has 118 valence electrons. The van der Waals surface area contributed by atoms with Crippen LogP contribution in [0.1, 0.15) is 24.1 Å². The van der Waals surface area contributed by atoms with Crippen LogP contribution in [-0.4, -0.2) is 29.3 Å². The van der Waals surface area contributed by atoms with E-state index in [1.54, 1.807) is 7.05 Å². The minimum atomic E-state index is 0.0758. The molecule has 1 aromatic heterocycles. The molecule has 6 heteroatoms. The van der Waals surface area contributed by atoms with Gasteiger partial charge >= 0.3 is 0 Å². The highest BCUT2D eigenvalue weighted by molar-refractivity contribution is 6.31. The van der Waals surface area contributed by atoms with Gasteiger partial charge in [-0.1, -0.05) is 29.8 Å². The van der Waals surface area contributed by atoms with Gasteiger partial charge in [-0.3, -0.25) is 9.67 Å². The first-order chi connectivity index (χ1) is 10.6. The summed E-state index contributed by atoms with van der Waals surface area (Å²) in [5.74, 6) is 0.747. The fourth-order valence-electron chi connectivity index (χ4n) is 2.18. The molecule has 0 bridgehead atoms. The van der Waals surface area contributed by atoms with Crippen molar-refractivity contribution >= 4 is 17.6 Å². The lowest BCUT2D eigenvalue weighted by atomic mass is 10.1. The zero-order chi connectivity index (χ0) is 15.9. The smallest absolute Gasteiger partial charge is 0.191 e. The molecule has 2 rings (SSSR count). The fourth-order valence-corrected chi connectivity index (χ4v) is 2.48. The zero-order valence-electron chi connectivity index (χ0n) is 13.2. The summed E-state index contributed by atoms with van der Waals surface area (Å²) in [5.41, 5.74) is 2.21. The largest absolute Gasteiger partial charge is 0.355 e. The third-order valence-corrected chi connectivity index (χ3v) is 3.69. The van der Waals surface area contributed by atoms with Crippen molar-refractivity contribution in [2.75, 3.05) is 13.6 Å². The van der Waals surface area contributed by atoms with Gasteiger partial charge in [0.05, 0.1) is 18.8 Å². The summed E-state index contributed by atoms with van der Waals surface area (Å²) < 4.78 is 1.91. The standard InChI is InChI=1S/C16H22ClN5/c1-12-10-20-22(11-12)9-8-19-16(18-3)21-13(2)14-6-4-5-7-15(14)17/h4-7,10-11,13H,8-9H2,1-3H3,(H2,18,19,21). The molecule has 2 aromatic rings. The van der Waals surface area contributed by atoms with Crippen LogP contribution in [0.4, 0.5) is 0 Å². The molecule has 1 aromatic carbocycles. The average molecular weight is 320 g/mol. The Labute approximate surface area is 136 Å². The molecule has 0 amide bonds. The number of hydrogen-bond donors (Lipinski definition) is 2. The Morgan fingerprint density at radius 2 is 2.18 bits per heavy atom. The topological polar surface area (TPSA) is 54.2 Å². The number of guanidine groups is 1. The van der Waals surface area contributed by atoms with Crippen LogP contribution in [-0.2, 0) is 6.54 Å². The van der Waals surface area contributed by atoms with Crippen LogP contribution in [0.25, 0.3) is 0 Å². The Balaban J connectivity index is 1.86. The second kappa shape index (κ2) is 7.84. The highest BCUT2D eigenvalue weighted by Crippen LogP contribution is 2.21. The first-order valence-corrected chi connectivity index (χ1v) is 7.68. The Morgan fingerprint density at radius 3 is 2.82 bits per heavy atom. The van der Waals surface area contributed by atoms with E-state index in [4.69, 9.17) is 11.6 Å². The third-order valence-electron chi connectivity index (χ3n) is 3.34. The maximum absolute atomic E-state index is 6.22. The number of aliphatic imine (C=N–C) groups is 1. The van der Waals surface area contributed by atoms with Crippen LogP contribution >= 0.6 is 11.6 Å². The van der Waals surface area contributed by atoms with Crippen molar-refractivity contribution in [3.05, 3.63) is 52.8 Å². The maximum Gasteiger partial charge on any atom is 0.191 e. The molecule has 1 atom stereocenters. The summed E-state index contributed by atoms with van der Waals surface area (Å²) in [6.45, 7) is 5.62. The minimum Gasteiger partial charge on any atom is -0.355 e. The Hall–Kier alpha value is -2.01. The SMILES string of the molecule is CN=C(NCCn1cc(C)cn1)NC(C)c1ccccc1Cl. The lowest BCUT2D eigenvalue weighted by Crippen LogP contribution is -2.40. The van der Waals surface area contributed by atoms with E-state index in [2.05, 4.69) is 27.6 Å². The molecule has 0 aliphatic heterocycles. The van der Waals surface area contributed by atoms with E-state index < -0.39 is 0 Å². The Bertz CT molecular complexity index is 635. The van der Waals surface area contributed by atoms with Gasteiger partial charge in [0.2, 0.25) is 0 Å². The normalized spacial score (nSPS) is 13.0. The van der Waals surface area contributed by atoms with E-state index in [0.717, 1.165) is 35.2 Å². The highest BCUT2D eigenvalue weighted by Gasteiger charge is 2.10. The minimum absolute atomic E-state index is 0.0758. The lowest BCUT2D eigenvalue weighted by molar-refractivity contribution is 0.591. The summed E-state index contributed by atoms with van der Waals surface area (Å²) in [7, 11) is 1.76. The molecular weight excluding hydrogens is 298 g/mol. The number of benzene rings is 1. The maximum atomic E-state index is 6.22. The molecule has 0 aliphatic carbocycles. The molecule has 1 heterocycles. The highest BCUT2D eigenvalue weighted by atomic mass is 35.5. The Kier molecular flexibility index (Phi) is 5.83. The molecule has 2 N–H and O–H groups in total. The van der Waals surface area contributed by atoms with Gasteiger partial charge in [0.25, 0.3) is 0 Å². The second-order valence-corrected chi connectivity index (χ2v) is 5.57. The van der Waals surface area contributed by atoms with Gasteiger partial charge in [-0.15, -0.1) is 0 Å². The Morgan fingerprint density at radius 1 is 1.41 bits per heavy atom. The van der Waals surface area contributed by atoms with E-state index in [1.165, 1.54) is 0 Å². The summed E-state index contributed by atoms with van der Waals surface area (Å²) in [5, 5.41) is 11.6. The van der Waals surface area contributed by atoms with Gasteiger partial charge in [0.1, 0.15) is 0 Å². The first-order valence-electron chi connectivity index (χ1n) is 7.31. The van der Waals surface area contributed by atoms with Crippen molar-refractivity contribution in [1.29, 1.82) is 0 Å². The van der Waals surface area contributed by atoms with Gasteiger partial charge in [-0.05, 0) is 31.0 Å². The van der Waals surface area contributed by atoms with Crippen LogP contribution in [0.5, 0.6) is 0 Å². The van der Waals surface area contributed by atoms with Crippen LogP contribution < -0.4 is 10.6 Å². The van der Waals surface area contributed by atoms with E-state index in [9.17, 15) is 0 Å². The van der Waals surface area contributed by atoms with Crippen molar-refractivity contribution in [2.24, 2.45) is 4.99 Å². The van der Waals surface area contributed by atoms with Gasteiger partial charge in [0.15, 0.2) is 5.96 Å². The summed E-state index contributed by atoms with van der Waals surface area (Å²) in [6, 6.07) is 7.89. The van der Waals surface area contributed by atoms with Gasteiger partial charge in [-0.25, -0.2) is 0 Å². The molecule has 0 aliphatic rings. The van der Waals surface area contributed by atoms with Crippen molar-refractivity contribution in [3.8, 4) is 0 Å². The second-order valence-electron chi connectivity index (χ2n) is 5.17. The van der Waals surface area contributed by atoms with Crippen LogP contribution in [0.3, 0.4) is 0 Å². The monoisotopic (exact) mass is 319 g/mol. The number of halogens is 1. The fraction of sp³-hybridized carbons (Fsp3) is 0.375. The number of aromatic nitrogens is 2. The molecule has 22 heavy (non-hydrogen) atoms. The van der Waals surface area contributed by atoms with Crippen LogP contribution in [0.15, 0.2) is 41.7 Å². The van der Waals surface area contributed by atoms with E-state index in [1.807, 2.05) is 48.3 Å². The molecular formula is C16H22ClN5. The number of nitrogens with zero attached hydrogens (tertiary/aromatic N) is 3. The molecule has 0 saturated carbocycles. The molecule has 0 fully saturated rings. The van der Waals surface area contributed by atoms with E-state index >= 15 is 0 Å². The summed E-state index contributed by atoms with van der Waals surface area (Å²) in [4.78, 5) is 4.24. The van der Waals surface area contributed by atoms with E-state index in [-0.39, 0.29) is 6.04 Å². The summed E-state index contributed by atoms with van der Waals surface area (Å²) in [6.07, 6.45) is 3.87. The van der Waals surface area contributed by atoms with Gasteiger partial charge in [-0.2, -0.15) is 5.10 Å². The van der Waals surface area contributed by atoms with Crippen LogP contribution in [0.2, 0.25) is 5.02 Å². The first kappa shape index (κ1) is 16.4. The average Bonchev–Trinajstić information content (AvgIpc) is 2.92. The third kappa shape index (κ3) is 4.49. The lowest BCUT2D eigenvalue weighted by Gasteiger charge is -2.19. The predicted octanol–water partition coefficient (Wildman–Crippen LogP) is 2.77. The van der Waals surface area contributed by atoms with Crippen molar-refractivity contribution in [1.82, 2.24) is 20.4 Å². The van der Waals surface area contributed by atoms with Gasteiger partial charge in [0, 0.05) is 24.8 Å². The molecule has 0 saturated heterocycles. The number of hydrogen-bond acceptors (Lipinski definition) is 2. The van der Waals surface area contributed by atoms with Gasteiger partial charge < -0.3 is 10.6 Å². The number of aryl methyl sites for hydroxylation is 1. The number of rotatable bonds is 5. The van der Waals surface area contributed by atoms with Crippen molar-refractivity contribution < 1.29 is 0 Å². The zero-order valence-corrected chi connectivity index (χ0v) is 13.9. The molecule has 0 radical (unpaired) electrons. The van der Waals surface area contributed by atoms with Crippen molar-refractivity contribution in [3.63, 3.8) is 0 Å². The van der Waals surface area contributed by atoms with Crippen LogP contribution in [0, 0.1) is 6.92 Å². The summed E-state index contributed by atoms with van der Waals surface area (Å²) >= 11 is 6.22. The predicted molar refractivity (Wildman–Crippen MR) is 91.3 cm³/mol. The quantitative estimate of drug-likeness (QED) is 0.658. The molecule has 0 spiro atoms. The van der Waals surface area contributed by atoms with E-state index in [0.29, 0.717) is 0 Å². The molecule has 1 unspecified atom stereocenters.